The number of nitrogens with one attached hydrogen (secondary N) is 1. The average molecular weight is 552 g/mol. The van der Waals surface area contributed by atoms with E-state index in [9.17, 15) is 29.9 Å². The van der Waals surface area contributed by atoms with Crippen LogP contribution in [0.15, 0.2) is 28.9 Å². The van der Waals surface area contributed by atoms with Gasteiger partial charge in [0.15, 0.2) is 5.66 Å². The lowest BCUT2D eigenvalue weighted by Crippen LogP contribution is -2.65. The number of hydrogen-bond acceptors (Lipinski definition) is 7. The summed E-state index contributed by atoms with van der Waals surface area (Å²) in [7, 11) is 0. The van der Waals surface area contributed by atoms with E-state index in [-0.39, 0.29) is 25.2 Å². The molecule has 2 atom stereocenters. The number of carbonyl (C=O) groups is 2. The zero-order valence-corrected chi connectivity index (χ0v) is 21.9. The van der Waals surface area contributed by atoms with Gasteiger partial charge in [-0.1, -0.05) is 39.8 Å². The second kappa shape index (κ2) is 9.32. The van der Waals surface area contributed by atoms with Crippen LogP contribution in [0.3, 0.4) is 0 Å². The van der Waals surface area contributed by atoms with Gasteiger partial charge in [0.2, 0.25) is 0 Å². The molecule has 2 heterocycles. The van der Waals surface area contributed by atoms with Gasteiger partial charge in [-0.05, 0) is 46.3 Å². The lowest BCUT2D eigenvalue weighted by Gasteiger charge is -2.39. The van der Waals surface area contributed by atoms with Crippen LogP contribution in [-0.2, 0) is 22.7 Å². The largest absolute Gasteiger partial charge is 0.480 e. The summed E-state index contributed by atoms with van der Waals surface area (Å²) in [5.74, 6) is -2.40. The van der Waals surface area contributed by atoms with Crippen LogP contribution in [-0.4, -0.2) is 59.5 Å². The molecule has 0 bridgehead atoms. The summed E-state index contributed by atoms with van der Waals surface area (Å²) in [5.41, 5.74) is -2.42. The Morgan fingerprint density at radius 1 is 1.23 bits per heavy atom. The molecular formula is C23H30BrN5O6. The lowest BCUT2D eigenvalue weighted by atomic mass is 9.73. The van der Waals surface area contributed by atoms with Crippen molar-refractivity contribution in [2.24, 2.45) is 5.41 Å². The van der Waals surface area contributed by atoms with Gasteiger partial charge in [0.25, 0.3) is 5.69 Å². The fourth-order valence-electron chi connectivity index (χ4n) is 4.62. The first kappa shape index (κ1) is 26.8. The van der Waals surface area contributed by atoms with Crippen LogP contribution in [0.1, 0.15) is 50.9 Å². The van der Waals surface area contributed by atoms with Gasteiger partial charge in [-0.3, -0.25) is 29.8 Å². The molecule has 1 aromatic heterocycles. The highest BCUT2D eigenvalue weighted by Crippen LogP contribution is 2.42. The number of hydrogen-bond donors (Lipinski definition) is 3. The summed E-state index contributed by atoms with van der Waals surface area (Å²) < 4.78 is 2.37. The van der Waals surface area contributed by atoms with Gasteiger partial charge in [0.1, 0.15) is 10.1 Å². The van der Waals surface area contributed by atoms with E-state index in [0.717, 1.165) is 5.69 Å². The third-order valence-electron chi connectivity index (χ3n) is 6.89. The molecule has 0 saturated carbocycles. The van der Waals surface area contributed by atoms with Crippen LogP contribution in [0.25, 0.3) is 0 Å². The van der Waals surface area contributed by atoms with Crippen LogP contribution in [0.5, 0.6) is 0 Å². The van der Waals surface area contributed by atoms with Crippen LogP contribution >= 0.6 is 15.9 Å². The molecule has 35 heavy (non-hydrogen) atoms. The van der Waals surface area contributed by atoms with E-state index in [0.29, 0.717) is 22.3 Å². The van der Waals surface area contributed by atoms with Crippen molar-refractivity contribution in [3.63, 3.8) is 0 Å². The molecule has 12 heteroatoms. The number of aryl methyl sites for hydroxylation is 1. The fraction of sp³-hybridized carbons (Fsp3) is 0.522. The first-order valence-corrected chi connectivity index (χ1v) is 11.9. The zero-order chi connectivity index (χ0) is 26.3. The molecule has 2 aromatic rings. The van der Waals surface area contributed by atoms with E-state index < -0.39 is 33.5 Å². The predicted octanol–water partition coefficient (Wildman–Crippen LogP) is 3.38. The van der Waals surface area contributed by atoms with Gasteiger partial charge in [-0.2, -0.15) is 5.10 Å². The molecule has 190 valence electrons. The minimum absolute atomic E-state index is 0.0623. The quantitative estimate of drug-likeness (QED) is 0.331. The Labute approximate surface area is 211 Å². The highest BCUT2D eigenvalue weighted by Gasteiger charge is 2.64. The van der Waals surface area contributed by atoms with Gasteiger partial charge in [0.05, 0.1) is 11.5 Å². The molecule has 3 N–H and O–H groups in total. The zero-order valence-electron chi connectivity index (χ0n) is 20.3. The maximum atomic E-state index is 12.5. The van der Waals surface area contributed by atoms with Gasteiger partial charge < -0.3 is 10.2 Å². The fourth-order valence-corrected chi connectivity index (χ4v) is 5.14. The third kappa shape index (κ3) is 4.69. The Hall–Kier alpha value is -2.83. The summed E-state index contributed by atoms with van der Waals surface area (Å²) in [6, 6.07) is 6.63. The van der Waals surface area contributed by atoms with Crippen molar-refractivity contribution in [2.75, 3.05) is 6.54 Å². The lowest BCUT2D eigenvalue weighted by molar-refractivity contribution is -0.385. The highest BCUT2D eigenvalue weighted by molar-refractivity contribution is 9.10. The number of carboxylic acid groups (broad SMARTS) is 2. The number of nitro groups is 1. The number of aliphatic carboxylic acids is 2. The number of aromatic nitrogens is 2. The molecule has 1 aliphatic heterocycles. The molecule has 0 amide bonds. The number of nitrogens with zero attached hydrogens (tertiary/aromatic N) is 4. The number of benzene rings is 1. The van der Waals surface area contributed by atoms with Crippen LogP contribution in [0, 0.1) is 22.5 Å². The predicted molar refractivity (Wildman–Crippen MR) is 131 cm³/mol. The van der Waals surface area contributed by atoms with Crippen molar-refractivity contribution in [3.05, 3.63) is 55.8 Å². The van der Waals surface area contributed by atoms with E-state index in [1.54, 1.807) is 44.5 Å². The van der Waals surface area contributed by atoms with Gasteiger partial charge in [-0.25, -0.2) is 4.79 Å². The maximum Gasteiger partial charge on any atom is 0.339 e. The molecule has 1 fully saturated rings. The van der Waals surface area contributed by atoms with Crippen LogP contribution in [0.4, 0.5) is 5.69 Å². The molecule has 1 aromatic carbocycles. The van der Waals surface area contributed by atoms with Gasteiger partial charge in [-0.15, -0.1) is 0 Å². The van der Waals surface area contributed by atoms with Crippen LogP contribution < -0.4 is 5.32 Å². The Morgan fingerprint density at radius 2 is 1.89 bits per heavy atom. The molecule has 2 unspecified atom stereocenters. The number of halogens is 1. The highest BCUT2D eigenvalue weighted by atomic mass is 79.9. The molecule has 3 rings (SSSR count). The molecule has 0 radical (unpaired) electrons. The second-order valence-electron chi connectivity index (χ2n) is 9.95. The van der Waals surface area contributed by atoms with Crippen molar-refractivity contribution in [1.82, 2.24) is 20.0 Å². The number of carboxylic acids is 2. The first-order valence-electron chi connectivity index (χ1n) is 11.1. The van der Waals surface area contributed by atoms with Crippen molar-refractivity contribution in [1.29, 1.82) is 0 Å². The Balaban J connectivity index is 2.03. The second-order valence-corrected chi connectivity index (χ2v) is 10.8. The summed E-state index contributed by atoms with van der Waals surface area (Å²) in [6.07, 6.45) is 0.0623. The average Bonchev–Trinajstić information content (AvgIpc) is 3.26. The Bertz CT molecular complexity index is 1180. The molecule has 1 saturated heterocycles. The van der Waals surface area contributed by atoms with Crippen molar-refractivity contribution in [3.8, 4) is 0 Å². The molecule has 0 aliphatic carbocycles. The monoisotopic (exact) mass is 551 g/mol. The first-order chi connectivity index (χ1) is 16.2. The van der Waals surface area contributed by atoms with Crippen molar-refractivity contribution in [2.45, 2.75) is 65.3 Å². The summed E-state index contributed by atoms with van der Waals surface area (Å²) in [6.45, 7) is 8.79. The minimum Gasteiger partial charge on any atom is -0.480 e. The van der Waals surface area contributed by atoms with Crippen molar-refractivity contribution < 1.29 is 24.7 Å². The number of nitro benzene ring substituents is 1. The maximum absolute atomic E-state index is 12.5. The Morgan fingerprint density at radius 3 is 2.34 bits per heavy atom. The topological polar surface area (TPSA) is 151 Å². The summed E-state index contributed by atoms with van der Waals surface area (Å²) >= 11 is 3.32. The van der Waals surface area contributed by atoms with Crippen molar-refractivity contribution >= 4 is 33.6 Å². The minimum atomic E-state index is -1.70. The van der Waals surface area contributed by atoms with Gasteiger partial charge >= 0.3 is 11.9 Å². The number of rotatable bonds is 8. The molecule has 11 nitrogen and oxygen atoms in total. The summed E-state index contributed by atoms with van der Waals surface area (Å²) in [5, 5.41) is 39.5. The van der Waals surface area contributed by atoms with E-state index in [1.807, 2.05) is 13.0 Å². The molecule has 0 spiro atoms. The smallest absolute Gasteiger partial charge is 0.339 e. The normalized spacial score (nSPS) is 22.9. The SMILES string of the molecule is CCC1(C(=O)O)NC(C(=O)O)(C(C)(C)C)CN1Cc1ccc(Cn2nc(Br)cc2C)cc1[N+](=O)[O-]. The van der Waals surface area contributed by atoms with E-state index in [4.69, 9.17) is 0 Å². The Kier molecular flexibility index (Phi) is 7.13. The third-order valence-corrected chi connectivity index (χ3v) is 7.28. The van der Waals surface area contributed by atoms with E-state index >= 15 is 0 Å². The van der Waals surface area contributed by atoms with E-state index in [2.05, 4.69) is 26.3 Å². The molecule has 1 aliphatic rings. The molecular weight excluding hydrogens is 522 g/mol. The standard InChI is InChI=1S/C23H30BrN5O6/c1-6-23(20(32)33)26-22(19(30)31,21(3,4)5)13-27(23)12-16-8-7-15(10-17(16)29(34)35)11-28-14(2)9-18(24)25-28/h7-10,26H,6,11-13H2,1-5H3,(H,30,31)(H,32,33). The van der Waals surface area contributed by atoms with Crippen LogP contribution in [0.2, 0.25) is 0 Å². The van der Waals surface area contributed by atoms with Gasteiger partial charge in [0, 0.05) is 30.4 Å². The summed E-state index contributed by atoms with van der Waals surface area (Å²) in [4.78, 5) is 37.8. The van der Waals surface area contributed by atoms with E-state index in [1.165, 1.54) is 11.0 Å².